The fourth-order valence-electron chi connectivity index (χ4n) is 1.48. The van der Waals surface area contributed by atoms with Crippen molar-refractivity contribution in [2.45, 2.75) is 26.3 Å². The molecule has 5 heteroatoms. The molecule has 0 heterocycles. The molecular weight excluding hydrogens is 209 g/mol. The Labute approximate surface area is 94.0 Å². The average Bonchev–Trinajstić information content (AvgIpc) is 2.23. The Balaban J connectivity index is 2.86. The molecule has 1 aromatic carbocycles. The summed E-state index contributed by atoms with van der Waals surface area (Å²) in [6, 6.07) is 4.32. The molecule has 0 aliphatic carbocycles. The van der Waals surface area contributed by atoms with Crippen LogP contribution in [0.1, 0.15) is 18.9 Å². The van der Waals surface area contributed by atoms with Crippen molar-refractivity contribution in [2.24, 2.45) is 10.9 Å². The van der Waals surface area contributed by atoms with Crippen LogP contribution in [0, 0.1) is 12.7 Å². The SMILES string of the molecule is CCC(Nc1cc(C)cc(F)c1)C(N)=NO. The van der Waals surface area contributed by atoms with Crippen LogP contribution in [0.5, 0.6) is 0 Å². The van der Waals surface area contributed by atoms with E-state index in [0.29, 0.717) is 12.1 Å². The number of rotatable bonds is 4. The number of nitrogens with one attached hydrogen (secondary N) is 1. The third kappa shape index (κ3) is 3.12. The standard InChI is InChI=1S/C11H16FN3O/c1-3-10(11(13)15-16)14-9-5-7(2)4-8(12)6-9/h4-6,10,14,16H,3H2,1-2H3,(H2,13,15). The number of oxime groups is 1. The van der Waals surface area contributed by atoms with Crippen LogP contribution in [0.3, 0.4) is 0 Å². The predicted octanol–water partition coefficient (Wildman–Crippen LogP) is 2.07. The highest BCUT2D eigenvalue weighted by Gasteiger charge is 2.11. The molecule has 4 nitrogen and oxygen atoms in total. The topological polar surface area (TPSA) is 70.6 Å². The first-order valence-corrected chi connectivity index (χ1v) is 5.08. The van der Waals surface area contributed by atoms with E-state index >= 15 is 0 Å². The smallest absolute Gasteiger partial charge is 0.161 e. The largest absolute Gasteiger partial charge is 0.409 e. The number of nitrogens with two attached hydrogens (primary N) is 1. The van der Waals surface area contributed by atoms with Crippen molar-refractivity contribution in [2.75, 3.05) is 5.32 Å². The highest BCUT2D eigenvalue weighted by molar-refractivity contribution is 5.87. The van der Waals surface area contributed by atoms with Gasteiger partial charge in [0.25, 0.3) is 0 Å². The average molecular weight is 225 g/mol. The molecule has 0 aliphatic heterocycles. The van der Waals surface area contributed by atoms with Gasteiger partial charge in [-0.3, -0.25) is 0 Å². The molecule has 16 heavy (non-hydrogen) atoms. The van der Waals surface area contributed by atoms with E-state index in [1.54, 1.807) is 13.0 Å². The van der Waals surface area contributed by atoms with Gasteiger partial charge in [0.15, 0.2) is 5.84 Å². The summed E-state index contributed by atoms with van der Waals surface area (Å²) in [6.07, 6.45) is 0.644. The molecule has 88 valence electrons. The Morgan fingerprint density at radius 3 is 2.75 bits per heavy atom. The second-order valence-electron chi connectivity index (χ2n) is 3.65. The second-order valence-corrected chi connectivity index (χ2v) is 3.65. The molecule has 0 bridgehead atoms. The van der Waals surface area contributed by atoms with Gasteiger partial charge in [-0.2, -0.15) is 0 Å². The highest BCUT2D eigenvalue weighted by Crippen LogP contribution is 2.15. The maximum Gasteiger partial charge on any atom is 0.161 e. The lowest BCUT2D eigenvalue weighted by Gasteiger charge is -2.17. The van der Waals surface area contributed by atoms with Gasteiger partial charge in [0.05, 0.1) is 6.04 Å². The van der Waals surface area contributed by atoms with Gasteiger partial charge >= 0.3 is 0 Å². The number of aryl methyl sites for hydroxylation is 1. The van der Waals surface area contributed by atoms with Crippen LogP contribution in [0.2, 0.25) is 0 Å². The third-order valence-corrected chi connectivity index (χ3v) is 2.26. The molecule has 4 N–H and O–H groups in total. The molecule has 0 fully saturated rings. The van der Waals surface area contributed by atoms with Gasteiger partial charge in [-0.1, -0.05) is 12.1 Å². The van der Waals surface area contributed by atoms with Gasteiger partial charge < -0.3 is 16.3 Å². The number of amidine groups is 1. The monoisotopic (exact) mass is 225 g/mol. The lowest BCUT2D eigenvalue weighted by Crippen LogP contribution is -2.35. The Morgan fingerprint density at radius 1 is 1.56 bits per heavy atom. The summed E-state index contributed by atoms with van der Waals surface area (Å²) in [5.74, 6) is -0.221. The maximum absolute atomic E-state index is 13.1. The summed E-state index contributed by atoms with van der Waals surface area (Å²) >= 11 is 0. The summed E-state index contributed by atoms with van der Waals surface area (Å²) in [4.78, 5) is 0. The molecule has 1 unspecified atom stereocenters. The minimum Gasteiger partial charge on any atom is -0.409 e. The van der Waals surface area contributed by atoms with Gasteiger partial charge in [-0.05, 0) is 37.1 Å². The van der Waals surface area contributed by atoms with Gasteiger partial charge in [-0.25, -0.2) is 4.39 Å². The van der Waals surface area contributed by atoms with Crippen LogP contribution < -0.4 is 11.1 Å². The normalized spacial score (nSPS) is 13.6. The molecule has 0 saturated carbocycles. The summed E-state index contributed by atoms with van der Waals surface area (Å²) in [6.45, 7) is 3.70. The minimum absolute atomic E-state index is 0.0874. The molecule has 0 aromatic heterocycles. The lowest BCUT2D eigenvalue weighted by molar-refractivity contribution is 0.316. The van der Waals surface area contributed by atoms with Gasteiger partial charge in [0.2, 0.25) is 0 Å². The zero-order chi connectivity index (χ0) is 12.1. The molecule has 0 amide bonds. The van der Waals surface area contributed by atoms with Crippen molar-refractivity contribution in [3.05, 3.63) is 29.6 Å². The predicted molar refractivity (Wildman–Crippen MR) is 62.2 cm³/mol. The first-order chi connectivity index (χ1) is 7.56. The summed E-state index contributed by atoms with van der Waals surface area (Å²) in [7, 11) is 0. The fourth-order valence-corrected chi connectivity index (χ4v) is 1.48. The summed E-state index contributed by atoms with van der Waals surface area (Å²) in [5.41, 5.74) is 6.93. The van der Waals surface area contributed by atoms with E-state index in [1.807, 2.05) is 6.92 Å². The molecular formula is C11H16FN3O. The van der Waals surface area contributed by atoms with Gasteiger partial charge in [0.1, 0.15) is 5.82 Å². The first-order valence-electron chi connectivity index (χ1n) is 5.08. The molecule has 0 aliphatic rings. The van der Waals surface area contributed by atoms with E-state index < -0.39 is 0 Å². The molecule has 0 saturated heterocycles. The minimum atomic E-state index is -0.308. The van der Waals surface area contributed by atoms with Gasteiger partial charge in [0, 0.05) is 5.69 Å². The quantitative estimate of drug-likeness (QED) is 0.318. The Morgan fingerprint density at radius 2 is 2.25 bits per heavy atom. The number of anilines is 1. The summed E-state index contributed by atoms with van der Waals surface area (Å²) < 4.78 is 13.1. The number of benzene rings is 1. The number of nitrogens with zero attached hydrogens (tertiary/aromatic N) is 1. The van der Waals surface area contributed by atoms with E-state index in [9.17, 15) is 4.39 Å². The first kappa shape index (κ1) is 12.3. The van der Waals surface area contributed by atoms with Crippen LogP contribution >= 0.6 is 0 Å². The highest BCUT2D eigenvalue weighted by atomic mass is 19.1. The van der Waals surface area contributed by atoms with E-state index in [2.05, 4.69) is 10.5 Å². The van der Waals surface area contributed by atoms with Crippen LogP contribution in [-0.4, -0.2) is 17.1 Å². The zero-order valence-electron chi connectivity index (χ0n) is 9.37. The van der Waals surface area contributed by atoms with E-state index in [1.165, 1.54) is 12.1 Å². The number of hydrogen-bond donors (Lipinski definition) is 3. The molecule has 0 spiro atoms. The van der Waals surface area contributed by atoms with Crippen LogP contribution in [-0.2, 0) is 0 Å². The number of hydrogen-bond acceptors (Lipinski definition) is 3. The zero-order valence-corrected chi connectivity index (χ0v) is 9.37. The fraction of sp³-hybridized carbons (Fsp3) is 0.364. The Bertz CT molecular complexity index is 373. The number of halogens is 1. The Hall–Kier alpha value is -1.78. The van der Waals surface area contributed by atoms with E-state index in [-0.39, 0.29) is 17.7 Å². The van der Waals surface area contributed by atoms with E-state index in [0.717, 1.165) is 5.56 Å². The molecule has 1 aromatic rings. The van der Waals surface area contributed by atoms with Crippen molar-refractivity contribution in [1.82, 2.24) is 0 Å². The van der Waals surface area contributed by atoms with E-state index in [4.69, 9.17) is 10.9 Å². The van der Waals surface area contributed by atoms with Crippen molar-refractivity contribution < 1.29 is 9.60 Å². The maximum atomic E-state index is 13.1. The van der Waals surface area contributed by atoms with Crippen molar-refractivity contribution >= 4 is 11.5 Å². The second kappa shape index (κ2) is 5.34. The van der Waals surface area contributed by atoms with Crippen LogP contribution in [0.25, 0.3) is 0 Å². The molecule has 0 radical (unpaired) electrons. The summed E-state index contributed by atoms with van der Waals surface area (Å²) in [5, 5.41) is 14.5. The van der Waals surface area contributed by atoms with Crippen molar-refractivity contribution in [3.63, 3.8) is 0 Å². The van der Waals surface area contributed by atoms with Crippen molar-refractivity contribution in [1.29, 1.82) is 0 Å². The van der Waals surface area contributed by atoms with Crippen LogP contribution in [0.15, 0.2) is 23.4 Å². The van der Waals surface area contributed by atoms with Gasteiger partial charge in [-0.15, -0.1) is 0 Å². The van der Waals surface area contributed by atoms with Crippen LogP contribution in [0.4, 0.5) is 10.1 Å². The molecule has 1 rings (SSSR count). The van der Waals surface area contributed by atoms with Crippen molar-refractivity contribution in [3.8, 4) is 0 Å². The Kier molecular flexibility index (Phi) is 4.10. The lowest BCUT2D eigenvalue weighted by atomic mass is 10.1. The molecule has 1 atom stereocenters. The third-order valence-electron chi connectivity index (χ3n) is 2.26.